The summed E-state index contributed by atoms with van der Waals surface area (Å²) < 4.78 is 4.81. The lowest BCUT2D eigenvalue weighted by Crippen LogP contribution is -1.89. The second kappa shape index (κ2) is 8.07. The highest BCUT2D eigenvalue weighted by molar-refractivity contribution is 7.14. The second-order valence-electron chi connectivity index (χ2n) is 10.7. The van der Waals surface area contributed by atoms with Crippen LogP contribution in [0.3, 0.4) is 0 Å². The highest BCUT2D eigenvalue weighted by Crippen LogP contribution is 2.45. The van der Waals surface area contributed by atoms with Gasteiger partial charge >= 0.3 is 0 Å². The molecule has 4 aromatic heterocycles. The molecule has 5 aromatic carbocycles. The van der Waals surface area contributed by atoms with Gasteiger partial charge in [0.05, 0.1) is 11.0 Å². The molecular weight excluding hydrogens is 525 g/mol. The SMILES string of the molecule is Cn1c2cc3c4cc(-c5cccs5)c5ccccc5c4n(C)c3cc2c2cc(-c3cccs3)c3ccccc3c21. The van der Waals surface area contributed by atoms with Crippen molar-refractivity contribution in [3.05, 3.63) is 108 Å². The fraction of sp³-hybridized carbons (Fsp3) is 0.0556. The van der Waals surface area contributed by atoms with Crippen LogP contribution in [0.2, 0.25) is 0 Å². The third-order valence-electron chi connectivity index (χ3n) is 8.69. The number of nitrogens with zero attached hydrogens (tertiary/aromatic N) is 2. The van der Waals surface area contributed by atoms with E-state index in [-0.39, 0.29) is 0 Å². The summed E-state index contributed by atoms with van der Waals surface area (Å²) in [7, 11) is 4.46. The molecule has 4 heterocycles. The number of hydrogen-bond acceptors (Lipinski definition) is 2. The van der Waals surface area contributed by atoms with Crippen LogP contribution in [0.5, 0.6) is 0 Å². The van der Waals surface area contributed by atoms with E-state index in [1.165, 1.54) is 86.0 Å². The maximum atomic E-state index is 2.43. The van der Waals surface area contributed by atoms with E-state index in [4.69, 9.17) is 0 Å². The molecule has 0 atom stereocenters. The predicted octanol–water partition coefficient (Wildman–Crippen LogP) is 10.7. The summed E-state index contributed by atoms with van der Waals surface area (Å²) in [4.78, 5) is 2.63. The number of fused-ring (bicyclic) bond motifs is 10. The van der Waals surface area contributed by atoms with Crippen LogP contribution >= 0.6 is 22.7 Å². The minimum absolute atomic E-state index is 1.27. The quantitative estimate of drug-likeness (QED) is 0.203. The van der Waals surface area contributed by atoms with Crippen molar-refractivity contribution in [2.75, 3.05) is 0 Å². The van der Waals surface area contributed by atoms with E-state index in [1.807, 2.05) is 22.7 Å². The first kappa shape index (κ1) is 22.4. The maximum absolute atomic E-state index is 2.43. The van der Waals surface area contributed by atoms with Gasteiger partial charge in [-0.2, -0.15) is 0 Å². The number of rotatable bonds is 2. The number of thiophene rings is 2. The Morgan fingerprint density at radius 3 is 1.25 bits per heavy atom. The number of benzene rings is 5. The van der Waals surface area contributed by atoms with Gasteiger partial charge < -0.3 is 9.13 Å². The van der Waals surface area contributed by atoms with E-state index in [0.29, 0.717) is 0 Å². The van der Waals surface area contributed by atoms with Gasteiger partial charge in [0.15, 0.2) is 0 Å². The Morgan fingerprint density at radius 2 is 0.850 bits per heavy atom. The molecule has 0 aliphatic heterocycles. The van der Waals surface area contributed by atoms with Crippen LogP contribution in [-0.2, 0) is 14.1 Å². The molecule has 0 bridgehead atoms. The summed E-state index contributed by atoms with van der Waals surface area (Å²) in [6, 6.07) is 36.2. The second-order valence-corrected chi connectivity index (χ2v) is 12.6. The summed E-state index contributed by atoms with van der Waals surface area (Å²) >= 11 is 3.62. The van der Waals surface area contributed by atoms with Gasteiger partial charge in [-0.1, -0.05) is 60.7 Å². The average molecular weight is 549 g/mol. The van der Waals surface area contributed by atoms with Gasteiger partial charge in [0.2, 0.25) is 0 Å². The molecule has 0 amide bonds. The fourth-order valence-corrected chi connectivity index (χ4v) is 8.44. The van der Waals surface area contributed by atoms with Gasteiger partial charge in [0, 0.05) is 78.3 Å². The normalized spacial score (nSPS) is 12.2. The molecule has 9 rings (SSSR count). The van der Waals surface area contributed by atoms with Gasteiger partial charge in [-0.15, -0.1) is 22.7 Å². The number of hydrogen-bond donors (Lipinski definition) is 0. The molecule has 190 valence electrons. The number of aromatic nitrogens is 2. The van der Waals surface area contributed by atoms with E-state index in [2.05, 4.69) is 131 Å². The molecule has 40 heavy (non-hydrogen) atoms. The maximum Gasteiger partial charge on any atom is 0.0568 e. The van der Waals surface area contributed by atoms with Gasteiger partial charge in [-0.3, -0.25) is 0 Å². The zero-order chi connectivity index (χ0) is 26.5. The van der Waals surface area contributed by atoms with Crippen LogP contribution in [0.1, 0.15) is 0 Å². The van der Waals surface area contributed by atoms with E-state index in [1.54, 1.807) is 0 Å². The summed E-state index contributed by atoms with van der Waals surface area (Å²) in [5, 5.41) is 14.8. The van der Waals surface area contributed by atoms with E-state index in [0.717, 1.165) is 0 Å². The highest BCUT2D eigenvalue weighted by atomic mass is 32.1. The molecule has 0 aliphatic carbocycles. The average Bonchev–Trinajstić information content (AvgIpc) is 3.80. The lowest BCUT2D eigenvalue weighted by Gasteiger charge is -2.09. The van der Waals surface area contributed by atoms with Crippen LogP contribution in [-0.4, -0.2) is 9.13 Å². The van der Waals surface area contributed by atoms with Crippen LogP contribution < -0.4 is 0 Å². The van der Waals surface area contributed by atoms with Crippen LogP contribution in [0.25, 0.3) is 86.0 Å². The molecule has 0 saturated heterocycles. The molecule has 0 N–H and O–H groups in total. The van der Waals surface area contributed by atoms with Crippen molar-refractivity contribution in [3.63, 3.8) is 0 Å². The highest BCUT2D eigenvalue weighted by Gasteiger charge is 2.20. The molecule has 0 fully saturated rings. The Balaban J connectivity index is 1.46. The molecule has 9 aromatic rings. The monoisotopic (exact) mass is 548 g/mol. The molecule has 2 nitrogen and oxygen atoms in total. The van der Waals surface area contributed by atoms with Crippen molar-refractivity contribution in [1.82, 2.24) is 9.13 Å². The first-order valence-corrected chi connectivity index (χ1v) is 15.3. The fourth-order valence-electron chi connectivity index (χ4n) is 6.93. The summed E-state index contributed by atoms with van der Waals surface area (Å²) in [6.45, 7) is 0. The summed E-state index contributed by atoms with van der Waals surface area (Å²) in [5.74, 6) is 0. The topological polar surface area (TPSA) is 9.86 Å². The van der Waals surface area contributed by atoms with Crippen molar-refractivity contribution in [2.45, 2.75) is 0 Å². The standard InChI is InChI=1S/C36H24N2S2/c1-37-31-19-26-30-18-28(34-14-8-16-40-34)22-10-4-6-12-24(22)36(30)38(2)32(26)20-25(31)29-17-27(33-13-7-15-39-33)21-9-3-5-11-23(21)35(29)37/h3-20H,1-2H3. The molecule has 4 heteroatoms. The van der Waals surface area contributed by atoms with Gasteiger partial charge in [0.25, 0.3) is 0 Å². The Labute approximate surface area is 238 Å². The first-order chi connectivity index (χ1) is 19.7. The third kappa shape index (κ3) is 2.87. The lowest BCUT2D eigenvalue weighted by atomic mass is 9.98. The van der Waals surface area contributed by atoms with Crippen molar-refractivity contribution in [2.24, 2.45) is 14.1 Å². The lowest BCUT2D eigenvalue weighted by molar-refractivity contribution is 1.01. The predicted molar refractivity (Wildman–Crippen MR) is 176 cm³/mol. The Hall–Kier alpha value is -4.38. The molecule has 0 saturated carbocycles. The summed E-state index contributed by atoms with van der Waals surface area (Å²) in [5.41, 5.74) is 7.78. The van der Waals surface area contributed by atoms with E-state index >= 15 is 0 Å². The first-order valence-electron chi connectivity index (χ1n) is 13.5. The van der Waals surface area contributed by atoms with Crippen molar-refractivity contribution < 1.29 is 0 Å². The van der Waals surface area contributed by atoms with Crippen molar-refractivity contribution in [1.29, 1.82) is 0 Å². The zero-order valence-corrected chi connectivity index (χ0v) is 23.7. The van der Waals surface area contributed by atoms with Crippen LogP contribution in [0.4, 0.5) is 0 Å². The minimum atomic E-state index is 1.27. The number of aryl methyl sites for hydroxylation is 2. The summed E-state index contributed by atoms with van der Waals surface area (Å²) in [6.07, 6.45) is 0. The van der Waals surface area contributed by atoms with Crippen LogP contribution in [0, 0.1) is 0 Å². The van der Waals surface area contributed by atoms with Crippen molar-refractivity contribution >= 4 is 87.8 Å². The van der Waals surface area contributed by atoms with E-state index in [9.17, 15) is 0 Å². The Bertz CT molecular complexity index is 2260. The Kier molecular flexibility index (Phi) is 4.53. The van der Waals surface area contributed by atoms with Crippen LogP contribution in [0.15, 0.2) is 108 Å². The smallest absolute Gasteiger partial charge is 0.0568 e. The van der Waals surface area contributed by atoms with Gasteiger partial charge in [0.1, 0.15) is 0 Å². The molecule has 0 unspecified atom stereocenters. The molecular formula is C36H24N2S2. The van der Waals surface area contributed by atoms with Gasteiger partial charge in [-0.05, 0) is 57.9 Å². The van der Waals surface area contributed by atoms with E-state index < -0.39 is 0 Å². The van der Waals surface area contributed by atoms with Crippen molar-refractivity contribution in [3.8, 4) is 20.9 Å². The third-order valence-corrected chi connectivity index (χ3v) is 10.5. The molecule has 0 aliphatic rings. The Morgan fingerprint density at radius 1 is 0.425 bits per heavy atom. The minimum Gasteiger partial charge on any atom is -0.343 e. The van der Waals surface area contributed by atoms with Gasteiger partial charge in [-0.25, -0.2) is 0 Å². The zero-order valence-electron chi connectivity index (χ0n) is 22.1. The molecule has 0 radical (unpaired) electrons. The molecule has 0 spiro atoms. The largest absolute Gasteiger partial charge is 0.343 e.